The van der Waals surface area contributed by atoms with E-state index in [-0.39, 0.29) is 5.41 Å². The van der Waals surface area contributed by atoms with Gasteiger partial charge in [0.15, 0.2) is 0 Å². The summed E-state index contributed by atoms with van der Waals surface area (Å²) in [7, 11) is 0. The highest BCUT2D eigenvalue weighted by molar-refractivity contribution is 5.75. The molecule has 23 heavy (non-hydrogen) atoms. The van der Waals surface area contributed by atoms with Gasteiger partial charge in [0.25, 0.3) is 0 Å². The Morgan fingerprint density at radius 1 is 0.913 bits per heavy atom. The summed E-state index contributed by atoms with van der Waals surface area (Å²) in [6, 6.07) is 11.0. The first-order valence-electron chi connectivity index (χ1n) is 9.07. The van der Waals surface area contributed by atoms with Crippen LogP contribution in [0.1, 0.15) is 72.4 Å². The van der Waals surface area contributed by atoms with Gasteiger partial charge in [-0.3, -0.25) is 4.98 Å². The molecule has 1 aromatic carbocycles. The Kier molecular flexibility index (Phi) is 7.00. The van der Waals surface area contributed by atoms with Gasteiger partial charge in [-0.2, -0.15) is 0 Å². The Bertz CT molecular complexity index is 611. The molecule has 1 aromatic heterocycles. The summed E-state index contributed by atoms with van der Waals surface area (Å²) >= 11 is 0. The van der Waals surface area contributed by atoms with Crippen LogP contribution in [0.5, 0.6) is 0 Å². The molecule has 0 bridgehead atoms. The number of rotatable bonds is 1. The molecule has 126 valence electrons. The summed E-state index contributed by atoms with van der Waals surface area (Å²) in [4.78, 5) is 4.34. The maximum atomic E-state index is 4.34. The molecule has 2 aromatic rings. The van der Waals surface area contributed by atoms with Crippen LogP contribution in [0.25, 0.3) is 11.1 Å². The first-order valence-corrected chi connectivity index (χ1v) is 9.07. The molecule has 1 heterocycles. The number of hydrogen-bond donors (Lipinski definition) is 0. The van der Waals surface area contributed by atoms with Crippen molar-refractivity contribution in [2.75, 3.05) is 0 Å². The van der Waals surface area contributed by atoms with Crippen LogP contribution >= 0.6 is 0 Å². The predicted molar refractivity (Wildman–Crippen MR) is 103 cm³/mol. The lowest BCUT2D eigenvalue weighted by Gasteiger charge is -2.43. The molecule has 3 rings (SSSR count). The smallest absolute Gasteiger partial charge is 0.0349 e. The molecule has 0 amide bonds. The van der Waals surface area contributed by atoms with Gasteiger partial charge < -0.3 is 0 Å². The highest BCUT2D eigenvalue weighted by Crippen LogP contribution is 2.52. The van der Waals surface area contributed by atoms with Crippen molar-refractivity contribution in [1.82, 2.24) is 4.98 Å². The second-order valence-corrected chi connectivity index (χ2v) is 6.45. The van der Waals surface area contributed by atoms with Crippen LogP contribution in [-0.2, 0) is 5.41 Å². The Labute approximate surface area is 143 Å². The van der Waals surface area contributed by atoms with Gasteiger partial charge in [-0.15, -0.1) is 0 Å². The van der Waals surface area contributed by atoms with E-state index < -0.39 is 0 Å². The van der Waals surface area contributed by atoms with Crippen LogP contribution in [0, 0.1) is 5.92 Å². The van der Waals surface area contributed by atoms with Crippen LogP contribution in [0.15, 0.2) is 42.7 Å². The Hall–Kier alpha value is -1.63. The average Bonchev–Trinajstić information content (AvgIpc) is 2.58. The lowest BCUT2D eigenvalue weighted by Crippen LogP contribution is -2.34. The largest absolute Gasteiger partial charge is 0.264 e. The summed E-state index contributed by atoms with van der Waals surface area (Å²) in [6.45, 7) is 17.4. The molecule has 0 aliphatic heterocycles. The van der Waals surface area contributed by atoms with E-state index in [0.717, 1.165) is 0 Å². The highest BCUT2D eigenvalue weighted by atomic mass is 14.6. The van der Waals surface area contributed by atoms with Crippen molar-refractivity contribution in [2.45, 2.75) is 66.7 Å². The summed E-state index contributed by atoms with van der Waals surface area (Å²) in [5.74, 6) is 1.16. The van der Waals surface area contributed by atoms with Gasteiger partial charge in [0.1, 0.15) is 0 Å². The minimum absolute atomic E-state index is 0.166. The van der Waals surface area contributed by atoms with Crippen LogP contribution in [0.3, 0.4) is 0 Å². The van der Waals surface area contributed by atoms with Crippen LogP contribution in [0.4, 0.5) is 0 Å². The zero-order valence-electron chi connectivity index (χ0n) is 16.1. The van der Waals surface area contributed by atoms with E-state index in [1.807, 2.05) is 40.1 Å². The standard InChI is InChI=1S/C18H21N.2C2H6/c1-12(2)17-14-9-10-19-11-15(14)13-7-5-6-8-16(13)18(17,3)4;2*1-2/h5-12,17H,1-4H3;2*1-2H3. The van der Waals surface area contributed by atoms with Crippen molar-refractivity contribution < 1.29 is 0 Å². The molecule has 1 unspecified atom stereocenters. The summed E-state index contributed by atoms with van der Waals surface area (Å²) < 4.78 is 0. The predicted octanol–water partition coefficient (Wildman–Crippen LogP) is 6.83. The average molecular weight is 312 g/mol. The van der Waals surface area contributed by atoms with E-state index in [0.29, 0.717) is 11.8 Å². The fourth-order valence-electron chi connectivity index (χ4n) is 3.93. The number of aromatic nitrogens is 1. The maximum Gasteiger partial charge on any atom is 0.0349 e. The first-order chi connectivity index (χ1) is 11.0. The third kappa shape index (κ3) is 3.49. The van der Waals surface area contributed by atoms with E-state index in [4.69, 9.17) is 0 Å². The van der Waals surface area contributed by atoms with Crippen molar-refractivity contribution in [1.29, 1.82) is 0 Å². The van der Waals surface area contributed by atoms with Gasteiger partial charge in [-0.25, -0.2) is 0 Å². The molecule has 1 aliphatic rings. The van der Waals surface area contributed by atoms with Gasteiger partial charge in [-0.1, -0.05) is 79.7 Å². The lowest BCUT2D eigenvalue weighted by molar-refractivity contribution is 0.325. The number of benzene rings is 1. The molecule has 1 aliphatic carbocycles. The fraction of sp³-hybridized carbons (Fsp3) is 0.500. The minimum Gasteiger partial charge on any atom is -0.264 e. The van der Waals surface area contributed by atoms with Crippen molar-refractivity contribution in [3.05, 3.63) is 53.9 Å². The number of hydrogen-bond acceptors (Lipinski definition) is 1. The number of pyridine rings is 1. The van der Waals surface area contributed by atoms with Crippen LogP contribution in [0.2, 0.25) is 0 Å². The monoisotopic (exact) mass is 311 g/mol. The number of fused-ring (bicyclic) bond motifs is 3. The Balaban J connectivity index is 0.000000615. The number of nitrogens with zero attached hydrogens (tertiary/aromatic N) is 1. The van der Waals surface area contributed by atoms with E-state index in [1.165, 1.54) is 22.3 Å². The highest BCUT2D eigenvalue weighted by Gasteiger charge is 2.40. The molecule has 1 nitrogen and oxygen atoms in total. The van der Waals surface area contributed by atoms with Crippen molar-refractivity contribution in [3.8, 4) is 11.1 Å². The molecule has 1 atom stereocenters. The second kappa shape index (κ2) is 8.29. The third-order valence-electron chi connectivity index (χ3n) is 4.55. The fourth-order valence-corrected chi connectivity index (χ4v) is 3.93. The van der Waals surface area contributed by atoms with Gasteiger partial charge in [-0.05, 0) is 40.0 Å². The van der Waals surface area contributed by atoms with Crippen molar-refractivity contribution in [3.63, 3.8) is 0 Å². The van der Waals surface area contributed by atoms with E-state index in [2.05, 4.69) is 63.0 Å². The van der Waals surface area contributed by atoms with E-state index >= 15 is 0 Å². The minimum atomic E-state index is 0.166. The zero-order chi connectivity index (χ0) is 17.6. The molecular formula is C22H33N. The van der Waals surface area contributed by atoms with Crippen LogP contribution < -0.4 is 0 Å². The normalized spacial score (nSPS) is 17.0. The van der Waals surface area contributed by atoms with Gasteiger partial charge in [0.05, 0.1) is 0 Å². The molecule has 0 N–H and O–H groups in total. The van der Waals surface area contributed by atoms with Gasteiger partial charge in [0, 0.05) is 18.0 Å². The molecular weight excluding hydrogens is 278 g/mol. The van der Waals surface area contributed by atoms with Crippen molar-refractivity contribution in [2.24, 2.45) is 5.92 Å². The maximum absolute atomic E-state index is 4.34. The first kappa shape index (κ1) is 19.4. The molecule has 0 fully saturated rings. The Morgan fingerprint density at radius 2 is 1.52 bits per heavy atom. The SMILES string of the molecule is CC.CC.CC(C)C1c2ccncc2-c2ccccc2C1(C)C. The quantitative estimate of drug-likeness (QED) is 0.562. The second-order valence-electron chi connectivity index (χ2n) is 6.45. The Morgan fingerprint density at radius 3 is 2.13 bits per heavy atom. The molecule has 0 radical (unpaired) electrons. The zero-order valence-corrected chi connectivity index (χ0v) is 16.1. The molecule has 0 saturated carbocycles. The van der Waals surface area contributed by atoms with E-state index in [1.54, 1.807) is 0 Å². The van der Waals surface area contributed by atoms with E-state index in [9.17, 15) is 0 Å². The molecule has 0 saturated heterocycles. The third-order valence-corrected chi connectivity index (χ3v) is 4.55. The van der Waals surface area contributed by atoms with Gasteiger partial charge in [0.2, 0.25) is 0 Å². The topological polar surface area (TPSA) is 12.9 Å². The summed E-state index contributed by atoms with van der Waals surface area (Å²) in [6.07, 6.45) is 3.96. The summed E-state index contributed by atoms with van der Waals surface area (Å²) in [5.41, 5.74) is 5.74. The summed E-state index contributed by atoms with van der Waals surface area (Å²) in [5, 5.41) is 0. The lowest BCUT2D eigenvalue weighted by atomic mass is 9.60. The van der Waals surface area contributed by atoms with Crippen LogP contribution in [-0.4, -0.2) is 4.98 Å². The van der Waals surface area contributed by atoms with Gasteiger partial charge >= 0.3 is 0 Å². The molecule has 1 heteroatoms. The molecule has 0 spiro atoms. The van der Waals surface area contributed by atoms with Crippen molar-refractivity contribution >= 4 is 0 Å².